The van der Waals surface area contributed by atoms with Gasteiger partial charge >= 0.3 is 0 Å². The lowest BCUT2D eigenvalue weighted by Gasteiger charge is -2.40. The van der Waals surface area contributed by atoms with Crippen LogP contribution in [0.15, 0.2) is 0 Å². The first-order valence-corrected chi connectivity index (χ1v) is 2.32. The molecular formula is C2H10N6. The summed E-state index contributed by atoms with van der Waals surface area (Å²) in [7, 11) is 3.65. The van der Waals surface area contributed by atoms with E-state index in [1.807, 2.05) is 7.05 Å². The number of nitrogens with zero attached hydrogens (tertiary/aromatic N) is 2. The van der Waals surface area contributed by atoms with Crippen LogP contribution in [0, 0.1) is 0 Å². The van der Waals surface area contributed by atoms with Crippen molar-refractivity contribution in [3.63, 3.8) is 0 Å². The zero-order valence-corrected chi connectivity index (χ0v) is 4.89. The number of nitrogens with one attached hydrogen (secondary N) is 4. The third-order valence-electron chi connectivity index (χ3n) is 0.835. The summed E-state index contributed by atoms with van der Waals surface area (Å²) in [5.41, 5.74) is 11.0. The second-order valence-electron chi connectivity index (χ2n) is 1.42. The summed E-state index contributed by atoms with van der Waals surface area (Å²) in [5.74, 6) is 0. The Morgan fingerprint density at radius 1 is 1.38 bits per heavy atom. The van der Waals surface area contributed by atoms with Gasteiger partial charge < -0.3 is 0 Å². The van der Waals surface area contributed by atoms with Gasteiger partial charge in [0.25, 0.3) is 0 Å². The number of rotatable bonds is 2. The zero-order valence-electron chi connectivity index (χ0n) is 4.89. The van der Waals surface area contributed by atoms with Gasteiger partial charge in [0.05, 0.1) is 0 Å². The molecule has 0 aliphatic carbocycles. The molecule has 0 amide bonds. The lowest BCUT2D eigenvalue weighted by molar-refractivity contribution is -0.273. The highest BCUT2D eigenvalue weighted by molar-refractivity contribution is 4.34. The average Bonchev–Trinajstić information content (AvgIpc) is 1.79. The Hall–Kier alpha value is -0.240. The van der Waals surface area contributed by atoms with Gasteiger partial charge in [-0.1, -0.05) is 5.23 Å². The van der Waals surface area contributed by atoms with Crippen molar-refractivity contribution < 1.29 is 0 Å². The summed E-state index contributed by atoms with van der Waals surface area (Å²) >= 11 is 0. The van der Waals surface area contributed by atoms with Gasteiger partial charge in [-0.15, -0.1) is 10.7 Å². The molecule has 8 heavy (non-hydrogen) atoms. The SMILES string of the molecule is CNNN1NNN1C. The maximum absolute atomic E-state index is 2.77. The molecule has 1 aliphatic heterocycles. The molecule has 1 aliphatic rings. The fourth-order valence-corrected chi connectivity index (χ4v) is 0.409. The molecule has 0 aromatic carbocycles. The Bertz CT molecular complexity index is 72.9. The molecule has 0 spiro atoms. The van der Waals surface area contributed by atoms with Crippen LogP contribution in [0.1, 0.15) is 0 Å². The smallest absolute Gasteiger partial charge is 0.0220 e. The van der Waals surface area contributed by atoms with Crippen molar-refractivity contribution in [1.29, 1.82) is 0 Å². The molecule has 0 aromatic rings. The molecule has 0 atom stereocenters. The maximum Gasteiger partial charge on any atom is 0.0220 e. The summed E-state index contributed by atoms with van der Waals surface area (Å²) in [6.45, 7) is 0. The summed E-state index contributed by atoms with van der Waals surface area (Å²) in [5, 5.41) is 3.37. The van der Waals surface area contributed by atoms with Crippen LogP contribution in [-0.4, -0.2) is 24.4 Å². The molecule has 0 radical (unpaired) electrons. The largest absolute Gasteiger partial charge is 0.245 e. The molecule has 1 heterocycles. The number of hydrogen-bond donors (Lipinski definition) is 4. The summed E-state index contributed by atoms with van der Waals surface area (Å²) in [4.78, 5) is 0. The quantitative estimate of drug-likeness (QED) is 0.306. The van der Waals surface area contributed by atoms with Crippen LogP contribution in [0.4, 0.5) is 0 Å². The monoisotopic (exact) mass is 118 g/mol. The first-order chi connectivity index (χ1) is 3.84. The normalized spacial score (nSPS) is 23.2. The Morgan fingerprint density at radius 3 is 2.25 bits per heavy atom. The van der Waals surface area contributed by atoms with E-state index in [4.69, 9.17) is 0 Å². The van der Waals surface area contributed by atoms with Gasteiger partial charge in [0.1, 0.15) is 0 Å². The van der Waals surface area contributed by atoms with Crippen LogP contribution >= 0.6 is 0 Å². The van der Waals surface area contributed by atoms with Crippen LogP contribution in [0.3, 0.4) is 0 Å². The molecular weight excluding hydrogens is 108 g/mol. The average molecular weight is 118 g/mol. The fraction of sp³-hybridized carbons (Fsp3) is 1.00. The van der Waals surface area contributed by atoms with Gasteiger partial charge in [0, 0.05) is 7.05 Å². The van der Waals surface area contributed by atoms with E-state index in [1.54, 1.807) is 17.4 Å². The predicted octanol–water partition coefficient (Wildman–Crippen LogP) is -2.29. The lowest BCUT2D eigenvalue weighted by Crippen LogP contribution is -2.78. The first kappa shape index (κ1) is 5.89. The second-order valence-corrected chi connectivity index (χ2v) is 1.42. The van der Waals surface area contributed by atoms with Gasteiger partial charge in [0.2, 0.25) is 0 Å². The van der Waals surface area contributed by atoms with E-state index >= 15 is 0 Å². The Morgan fingerprint density at radius 2 is 2.12 bits per heavy atom. The van der Waals surface area contributed by atoms with Crippen molar-refractivity contribution in [3.05, 3.63) is 0 Å². The molecule has 0 aromatic heterocycles. The molecule has 6 nitrogen and oxygen atoms in total. The van der Waals surface area contributed by atoms with Crippen molar-refractivity contribution in [1.82, 2.24) is 32.4 Å². The van der Waals surface area contributed by atoms with Gasteiger partial charge in [0.15, 0.2) is 0 Å². The zero-order chi connectivity index (χ0) is 5.98. The summed E-state index contributed by atoms with van der Waals surface area (Å²) < 4.78 is 0. The minimum absolute atomic E-state index is 1.64. The van der Waals surface area contributed by atoms with Crippen LogP contribution in [0.2, 0.25) is 0 Å². The molecule has 1 fully saturated rings. The topological polar surface area (TPSA) is 54.6 Å². The Balaban J connectivity index is 2.08. The van der Waals surface area contributed by atoms with Crippen LogP contribution < -0.4 is 22.0 Å². The lowest BCUT2D eigenvalue weighted by atomic mass is 11.3. The molecule has 1 saturated heterocycles. The minimum atomic E-state index is 1.64. The third-order valence-corrected chi connectivity index (χ3v) is 0.835. The Labute approximate surface area is 47.6 Å². The van der Waals surface area contributed by atoms with E-state index in [-0.39, 0.29) is 0 Å². The second kappa shape index (κ2) is 2.35. The molecule has 4 N–H and O–H groups in total. The number of hydrazine groups is 6. The summed E-state index contributed by atoms with van der Waals surface area (Å²) in [6, 6.07) is 0. The van der Waals surface area contributed by atoms with Crippen molar-refractivity contribution in [3.8, 4) is 0 Å². The minimum Gasteiger partial charge on any atom is -0.245 e. The van der Waals surface area contributed by atoms with Gasteiger partial charge in [-0.3, -0.25) is 0 Å². The number of hydrogen-bond acceptors (Lipinski definition) is 6. The molecule has 0 unspecified atom stereocenters. The van der Waals surface area contributed by atoms with E-state index in [9.17, 15) is 0 Å². The third kappa shape index (κ3) is 0.944. The van der Waals surface area contributed by atoms with Crippen molar-refractivity contribution in [2.24, 2.45) is 0 Å². The van der Waals surface area contributed by atoms with Gasteiger partial charge in [-0.25, -0.2) is 5.43 Å². The standard InChI is InChI=1S/C2H10N6/c1-3-4-8-6-5-7(8)2/h3-6H,1-2H3. The predicted molar refractivity (Wildman–Crippen MR) is 28.1 cm³/mol. The molecule has 0 saturated carbocycles. The fourth-order valence-electron chi connectivity index (χ4n) is 0.409. The van der Waals surface area contributed by atoms with E-state index in [0.717, 1.165) is 0 Å². The summed E-state index contributed by atoms with van der Waals surface area (Å²) in [6.07, 6.45) is 0. The van der Waals surface area contributed by atoms with Crippen molar-refractivity contribution in [2.75, 3.05) is 14.1 Å². The van der Waals surface area contributed by atoms with E-state index < -0.39 is 0 Å². The van der Waals surface area contributed by atoms with Crippen molar-refractivity contribution >= 4 is 0 Å². The van der Waals surface area contributed by atoms with Crippen LogP contribution in [0.25, 0.3) is 0 Å². The van der Waals surface area contributed by atoms with Crippen LogP contribution in [-0.2, 0) is 0 Å². The van der Waals surface area contributed by atoms with Gasteiger partial charge in [-0.2, -0.15) is 11.1 Å². The maximum atomic E-state index is 2.77. The van der Waals surface area contributed by atoms with Crippen molar-refractivity contribution in [2.45, 2.75) is 0 Å². The first-order valence-electron chi connectivity index (χ1n) is 2.32. The highest BCUT2D eigenvalue weighted by Gasteiger charge is 2.17. The Kier molecular flexibility index (Phi) is 1.73. The van der Waals surface area contributed by atoms with E-state index in [2.05, 4.69) is 22.0 Å². The molecule has 1 rings (SSSR count). The van der Waals surface area contributed by atoms with E-state index in [0.29, 0.717) is 0 Å². The molecule has 6 heteroatoms. The molecule has 48 valence electrons. The highest BCUT2D eigenvalue weighted by Crippen LogP contribution is 1.83. The van der Waals surface area contributed by atoms with E-state index in [1.165, 1.54) is 0 Å². The van der Waals surface area contributed by atoms with Crippen LogP contribution in [0.5, 0.6) is 0 Å². The highest BCUT2D eigenvalue weighted by atomic mass is 16.2. The molecule has 0 bridgehead atoms. The van der Waals surface area contributed by atoms with Gasteiger partial charge in [-0.05, 0) is 7.05 Å².